The number of ether oxygens (including phenoxy) is 2. The smallest absolute Gasteiger partial charge is 0.323 e. The molecule has 0 saturated heterocycles. The van der Waals surface area contributed by atoms with Gasteiger partial charge < -0.3 is 15.2 Å². The van der Waals surface area contributed by atoms with Crippen molar-refractivity contribution in [1.82, 2.24) is 0 Å². The fraction of sp³-hybridized carbons (Fsp3) is 0.429. The van der Waals surface area contributed by atoms with Gasteiger partial charge in [-0.3, -0.25) is 9.59 Å². The number of methoxy groups -OCH3 is 1. The highest BCUT2D eigenvalue weighted by atomic mass is 16.6. The summed E-state index contributed by atoms with van der Waals surface area (Å²) in [6, 6.07) is 7.83. The molecule has 0 aliphatic carbocycles. The van der Waals surface area contributed by atoms with Crippen LogP contribution in [0, 0.1) is 0 Å². The highest BCUT2D eigenvalue weighted by Gasteiger charge is 2.38. The summed E-state index contributed by atoms with van der Waals surface area (Å²) in [6.07, 6.45) is 0. The third kappa shape index (κ3) is 3.87. The lowest BCUT2D eigenvalue weighted by Gasteiger charge is -2.28. The lowest BCUT2D eigenvalue weighted by Crippen LogP contribution is -2.47. The van der Waals surface area contributed by atoms with Crippen molar-refractivity contribution in [3.63, 3.8) is 0 Å². The predicted molar refractivity (Wildman–Crippen MR) is 70.8 cm³/mol. The number of carbonyl (C=O) groups is 2. The highest BCUT2D eigenvalue weighted by molar-refractivity contribution is 6.03. The largest absolute Gasteiger partial charge is 0.447 e. The second kappa shape index (κ2) is 6.45. The lowest BCUT2D eigenvalue weighted by atomic mass is 9.95. The molecule has 0 aliphatic heterocycles. The van der Waals surface area contributed by atoms with Gasteiger partial charge in [0, 0.05) is 12.7 Å². The van der Waals surface area contributed by atoms with Gasteiger partial charge in [-0.05, 0) is 13.8 Å². The topological polar surface area (TPSA) is 78.6 Å². The van der Waals surface area contributed by atoms with Crippen molar-refractivity contribution in [2.75, 3.05) is 13.7 Å². The first-order valence-corrected chi connectivity index (χ1v) is 5.98. The second-order valence-corrected chi connectivity index (χ2v) is 4.57. The van der Waals surface area contributed by atoms with Gasteiger partial charge in [0.2, 0.25) is 5.78 Å². The molecule has 1 rings (SSSR count). The minimum Gasteiger partial charge on any atom is -0.447 e. The quantitative estimate of drug-likeness (QED) is 0.617. The number of benzene rings is 1. The summed E-state index contributed by atoms with van der Waals surface area (Å²) >= 11 is 0. The number of hydrogen-bond acceptors (Lipinski definition) is 5. The van der Waals surface area contributed by atoms with Crippen LogP contribution in [0.3, 0.4) is 0 Å². The Hall–Kier alpha value is -1.72. The standard InChI is InChI=1S/C14H19NO4/c1-10(15)13(17)19-14(2,9-18-3)12(16)11-7-5-4-6-8-11/h4-8,10H,9,15H2,1-3H3/t10?,14-/m0/s1. The molecule has 1 aromatic carbocycles. The normalized spacial score (nSPS) is 15.4. The summed E-state index contributed by atoms with van der Waals surface area (Å²) in [7, 11) is 1.44. The molecule has 0 spiro atoms. The maximum absolute atomic E-state index is 12.4. The van der Waals surface area contributed by atoms with Crippen LogP contribution < -0.4 is 5.73 Å². The van der Waals surface area contributed by atoms with Crippen molar-refractivity contribution in [2.45, 2.75) is 25.5 Å². The van der Waals surface area contributed by atoms with Crippen molar-refractivity contribution in [1.29, 1.82) is 0 Å². The van der Waals surface area contributed by atoms with E-state index in [2.05, 4.69) is 0 Å². The number of esters is 1. The summed E-state index contributed by atoms with van der Waals surface area (Å²) in [5.74, 6) is -0.951. The van der Waals surface area contributed by atoms with E-state index in [1.807, 2.05) is 0 Å². The molecule has 0 amide bonds. The first kappa shape index (κ1) is 15.3. The van der Waals surface area contributed by atoms with E-state index in [1.165, 1.54) is 21.0 Å². The van der Waals surface area contributed by atoms with Crippen molar-refractivity contribution in [3.8, 4) is 0 Å². The van der Waals surface area contributed by atoms with Crippen molar-refractivity contribution in [2.24, 2.45) is 5.73 Å². The predicted octanol–water partition coefficient (Wildman–Crippen LogP) is 1.16. The first-order valence-electron chi connectivity index (χ1n) is 5.98. The molecule has 5 nitrogen and oxygen atoms in total. The van der Waals surface area contributed by atoms with Gasteiger partial charge >= 0.3 is 5.97 Å². The molecule has 1 unspecified atom stereocenters. The Bertz CT molecular complexity index is 444. The van der Waals surface area contributed by atoms with Crippen LogP contribution in [-0.2, 0) is 14.3 Å². The molecule has 0 saturated carbocycles. The van der Waals surface area contributed by atoms with Gasteiger partial charge in [0.15, 0.2) is 5.60 Å². The van der Waals surface area contributed by atoms with Gasteiger partial charge in [0.05, 0.1) is 6.61 Å². The molecule has 0 radical (unpaired) electrons. The van der Waals surface area contributed by atoms with E-state index in [0.29, 0.717) is 5.56 Å². The van der Waals surface area contributed by atoms with Crippen LogP contribution >= 0.6 is 0 Å². The van der Waals surface area contributed by atoms with E-state index < -0.39 is 17.6 Å². The first-order chi connectivity index (χ1) is 8.90. The Morgan fingerprint density at radius 2 is 1.89 bits per heavy atom. The Morgan fingerprint density at radius 1 is 1.32 bits per heavy atom. The minimum atomic E-state index is -1.37. The van der Waals surface area contributed by atoms with Gasteiger partial charge in [0.1, 0.15) is 6.04 Å². The fourth-order valence-electron chi connectivity index (χ4n) is 1.63. The van der Waals surface area contributed by atoms with Gasteiger partial charge in [0.25, 0.3) is 0 Å². The fourth-order valence-corrected chi connectivity index (χ4v) is 1.63. The summed E-state index contributed by atoms with van der Waals surface area (Å²) in [5, 5.41) is 0. The van der Waals surface area contributed by atoms with Crippen LogP contribution in [-0.4, -0.2) is 37.1 Å². The Kier molecular flexibility index (Phi) is 5.20. The molecular weight excluding hydrogens is 246 g/mol. The van der Waals surface area contributed by atoms with E-state index in [4.69, 9.17) is 15.2 Å². The Labute approximate surface area is 112 Å². The number of rotatable bonds is 6. The van der Waals surface area contributed by atoms with E-state index in [0.717, 1.165) is 0 Å². The second-order valence-electron chi connectivity index (χ2n) is 4.57. The average Bonchev–Trinajstić information content (AvgIpc) is 2.39. The van der Waals surface area contributed by atoms with Crippen molar-refractivity contribution >= 4 is 11.8 Å². The summed E-state index contributed by atoms with van der Waals surface area (Å²) < 4.78 is 10.2. The molecule has 0 aliphatic rings. The van der Waals surface area contributed by atoms with Gasteiger partial charge in [-0.15, -0.1) is 0 Å². The van der Waals surface area contributed by atoms with Gasteiger partial charge in [-0.1, -0.05) is 30.3 Å². The number of hydrogen-bond donors (Lipinski definition) is 1. The number of nitrogens with two attached hydrogens (primary N) is 1. The molecule has 104 valence electrons. The third-order valence-corrected chi connectivity index (χ3v) is 2.63. The van der Waals surface area contributed by atoms with Crippen molar-refractivity contribution in [3.05, 3.63) is 35.9 Å². The molecule has 2 N–H and O–H groups in total. The van der Waals surface area contributed by atoms with Crippen LogP contribution in [0.5, 0.6) is 0 Å². The van der Waals surface area contributed by atoms with Crippen LogP contribution in [0.2, 0.25) is 0 Å². The molecule has 1 aromatic rings. The number of Topliss-reactive ketones (excluding diaryl/α,β-unsaturated/α-hetero) is 1. The van der Waals surface area contributed by atoms with E-state index in [1.54, 1.807) is 30.3 Å². The monoisotopic (exact) mass is 265 g/mol. The zero-order chi connectivity index (χ0) is 14.5. The average molecular weight is 265 g/mol. The van der Waals surface area contributed by atoms with Crippen LogP contribution in [0.4, 0.5) is 0 Å². The Morgan fingerprint density at radius 3 is 2.37 bits per heavy atom. The molecule has 0 heterocycles. The van der Waals surface area contributed by atoms with Gasteiger partial charge in [-0.2, -0.15) is 0 Å². The van der Waals surface area contributed by atoms with Crippen LogP contribution in [0.1, 0.15) is 24.2 Å². The molecule has 0 aromatic heterocycles. The van der Waals surface area contributed by atoms with E-state index >= 15 is 0 Å². The maximum Gasteiger partial charge on any atom is 0.323 e. The molecule has 19 heavy (non-hydrogen) atoms. The summed E-state index contributed by atoms with van der Waals surface area (Å²) in [5.41, 5.74) is 4.54. The summed E-state index contributed by atoms with van der Waals surface area (Å²) in [4.78, 5) is 24.0. The number of carbonyl (C=O) groups excluding carboxylic acids is 2. The van der Waals surface area contributed by atoms with E-state index in [9.17, 15) is 9.59 Å². The van der Waals surface area contributed by atoms with Crippen LogP contribution in [0.15, 0.2) is 30.3 Å². The molecule has 2 atom stereocenters. The number of ketones is 1. The molecule has 0 fully saturated rings. The SMILES string of the molecule is COC[C@](C)(OC(=O)C(C)N)C(=O)c1ccccc1. The van der Waals surface area contributed by atoms with Crippen LogP contribution in [0.25, 0.3) is 0 Å². The summed E-state index contributed by atoms with van der Waals surface area (Å²) in [6.45, 7) is 2.99. The van der Waals surface area contributed by atoms with Gasteiger partial charge in [-0.25, -0.2) is 0 Å². The zero-order valence-corrected chi connectivity index (χ0v) is 11.4. The van der Waals surface area contributed by atoms with E-state index in [-0.39, 0.29) is 12.4 Å². The minimum absolute atomic E-state index is 0.0286. The third-order valence-electron chi connectivity index (χ3n) is 2.63. The highest BCUT2D eigenvalue weighted by Crippen LogP contribution is 2.19. The molecule has 5 heteroatoms. The molecular formula is C14H19NO4. The molecule has 0 bridgehead atoms. The zero-order valence-electron chi connectivity index (χ0n) is 11.4. The Balaban J connectivity index is 2.98. The lowest BCUT2D eigenvalue weighted by molar-refractivity contribution is -0.158. The maximum atomic E-state index is 12.4. The van der Waals surface area contributed by atoms with Crippen molar-refractivity contribution < 1.29 is 19.1 Å².